The second-order valence-corrected chi connectivity index (χ2v) is 7.39. The number of hydrogen-bond donors (Lipinski definition) is 1. The van der Waals surface area contributed by atoms with Gasteiger partial charge in [0.1, 0.15) is 5.75 Å². The number of anilines is 1. The highest BCUT2D eigenvalue weighted by Crippen LogP contribution is 2.19. The number of rotatable bonds is 6. The fraction of sp³-hybridized carbons (Fsp3) is 0.409. The fourth-order valence-electron chi connectivity index (χ4n) is 3.31. The molecule has 0 radical (unpaired) electrons. The van der Waals surface area contributed by atoms with Gasteiger partial charge in [-0.1, -0.05) is 29.8 Å². The van der Waals surface area contributed by atoms with Gasteiger partial charge in [0.05, 0.1) is 0 Å². The van der Waals surface area contributed by atoms with Crippen molar-refractivity contribution in [1.29, 1.82) is 0 Å². The lowest BCUT2D eigenvalue weighted by molar-refractivity contribution is -0.118. The average molecular weight is 367 g/mol. The molecule has 144 valence electrons. The van der Waals surface area contributed by atoms with Gasteiger partial charge in [-0.15, -0.1) is 0 Å². The standard InChI is InChI=1S/C22H29N3O2/c1-17-7-8-21(18(2)13-17)27-16-22(26)23-20-6-4-5-19(14-20)15-25-11-9-24(3)10-12-25/h4-8,13-14H,9-12,15-16H2,1-3H3,(H,23,26). The first-order chi connectivity index (χ1) is 13.0. The van der Waals surface area contributed by atoms with Crippen molar-refractivity contribution in [3.63, 3.8) is 0 Å². The number of amides is 1. The fourth-order valence-corrected chi connectivity index (χ4v) is 3.31. The lowest BCUT2D eigenvalue weighted by Crippen LogP contribution is -2.43. The number of aryl methyl sites for hydroxylation is 2. The van der Waals surface area contributed by atoms with Crippen LogP contribution in [0.3, 0.4) is 0 Å². The van der Waals surface area contributed by atoms with Gasteiger partial charge >= 0.3 is 0 Å². The van der Waals surface area contributed by atoms with Crippen molar-refractivity contribution in [1.82, 2.24) is 9.80 Å². The molecule has 5 heteroatoms. The summed E-state index contributed by atoms with van der Waals surface area (Å²) in [5, 5.41) is 2.94. The second kappa shape index (κ2) is 9.02. The number of nitrogens with one attached hydrogen (secondary N) is 1. The number of likely N-dealkylation sites (N-methyl/N-ethyl adjacent to an activating group) is 1. The van der Waals surface area contributed by atoms with Gasteiger partial charge in [-0.05, 0) is 50.2 Å². The van der Waals surface area contributed by atoms with Crippen molar-refractivity contribution in [2.75, 3.05) is 45.2 Å². The van der Waals surface area contributed by atoms with Crippen molar-refractivity contribution >= 4 is 11.6 Å². The van der Waals surface area contributed by atoms with E-state index in [4.69, 9.17) is 4.74 Å². The van der Waals surface area contributed by atoms with E-state index in [1.54, 1.807) is 0 Å². The number of carbonyl (C=O) groups is 1. The third-order valence-electron chi connectivity index (χ3n) is 4.90. The van der Waals surface area contributed by atoms with Crippen LogP contribution in [0.25, 0.3) is 0 Å². The molecule has 0 aliphatic carbocycles. The molecular weight excluding hydrogens is 338 g/mol. The number of piperazine rings is 1. The summed E-state index contributed by atoms with van der Waals surface area (Å²) in [5.41, 5.74) is 4.25. The monoisotopic (exact) mass is 367 g/mol. The Balaban J connectivity index is 1.51. The molecule has 0 spiro atoms. The Bertz CT molecular complexity index is 783. The molecule has 1 aliphatic heterocycles. The topological polar surface area (TPSA) is 44.8 Å². The number of hydrogen-bond acceptors (Lipinski definition) is 4. The van der Waals surface area contributed by atoms with E-state index in [9.17, 15) is 4.79 Å². The molecular formula is C22H29N3O2. The zero-order valence-electron chi connectivity index (χ0n) is 16.5. The van der Waals surface area contributed by atoms with E-state index in [0.29, 0.717) is 0 Å². The van der Waals surface area contributed by atoms with Gasteiger partial charge < -0.3 is 15.0 Å². The van der Waals surface area contributed by atoms with Crippen LogP contribution in [0.1, 0.15) is 16.7 Å². The molecule has 0 bridgehead atoms. The van der Waals surface area contributed by atoms with Crippen LogP contribution < -0.4 is 10.1 Å². The molecule has 0 saturated carbocycles. The van der Waals surface area contributed by atoms with Gasteiger partial charge in [0.2, 0.25) is 0 Å². The maximum atomic E-state index is 12.2. The van der Waals surface area contributed by atoms with E-state index < -0.39 is 0 Å². The van der Waals surface area contributed by atoms with E-state index >= 15 is 0 Å². The highest BCUT2D eigenvalue weighted by molar-refractivity contribution is 5.91. The van der Waals surface area contributed by atoms with Crippen molar-refractivity contribution in [2.24, 2.45) is 0 Å². The number of ether oxygens (including phenoxy) is 1. The molecule has 1 fully saturated rings. The van der Waals surface area contributed by atoms with E-state index in [0.717, 1.165) is 49.7 Å². The Morgan fingerprint density at radius 2 is 1.85 bits per heavy atom. The van der Waals surface area contributed by atoms with Crippen molar-refractivity contribution in [2.45, 2.75) is 20.4 Å². The molecule has 2 aromatic rings. The van der Waals surface area contributed by atoms with Crippen molar-refractivity contribution in [3.8, 4) is 5.75 Å². The predicted octanol–water partition coefficient (Wildman–Crippen LogP) is 3.07. The van der Waals surface area contributed by atoms with Crippen LogP contribution >= 0.6 is 0 Å². The zero-order valence-corrected chi connectivity index (χ0v) is 16.5. The second-order valence-electron chi connectivity index (χ2n) is 7.39. The predicted molar refractivity (Wildman–Crippen MR) is 109 cm³/mol. The summed E-state index contributed by atoms with van der Waals surface area (Å²) in [6.45, 7) is 9.32. The Kier molecular flexibility index (Phi) is 6.48. The summed E-state index contributed by atoms with van der Waals surface area (Å²) in [6, 6.07) is 14.0. The van der Waals surface area contributed by atoms with Crippen LogP contribution in [0.5, 0.6) is 5.75 Å². The van der Waals surface area contributed by atoms with Crippen LogP contribution in [-0.2, 0) is 11.3 Å². The summed E-state index contributed by atoms with van der Waals surface area (Å²) in [7, 11) is 2.16. The molecule has 0 atom stereocenters. The average Bonchev–Trinajstić information content (AvgIpc) is 2.63. The van der Waals surface area contributed by atoms with Gasteiger partial charge in [0.25, 0.3) is 5.91 Å². The molecule has 1 saturated heterocycles. The first kappa shape index (κ1) is 19.4. The van der Waals surface area contributed by atoms with E-state index in [1.807, 2.05) is 44.2 Å². The van der Waals surface area contributed by atoms with Gasteiger partial charge in [-0.25, -0.2) is 0 Å². The summed E-state index contributed by atoms with van der Waals surface area (Å²) in [6.07, 6.45) is 0. The molecule has 3 rings (SSSR count). The lowest BCUT2D eigenvalue weighted by atomic mass is 10.1. The third-order valence-corrected chi connectivity index (χ3v) is 4.90. The van der Waals surface area contributed by atoms with Crippen LogP contribution in [0, 0.1) is 13.8 Å². The normalized spacial score (nSPS) is 15.5. The van der Waals surface area contributed by atoms with Gasteiger partial charge in [0, 0.05) is 38.4 Å². The minimum absolute atomic E-state index is 0.00654. The Morgan fingerprint density at radius 1 is 1.07 bits per heavy atom. The summed E-state index contributed by atoms with van der Waals surface area (Å²) in [4.78, 5) is 17.0. The van der Waals surface area contributed by atoms with Gasteiger partial charge in [-0.2, -0.15) is 0 Å². The van der Waals surface area contributed by atoms with Gasteiger partial charge in [0.15, 0.2) is 6.61 Å². The van der Waals surface area contributed by atoms with Crippen LogP contribution in [-0.4, -0.2) is 55.5 Å². The summed E-state index contributed by atoms with van der Waals surface area (Å²) < 4.78 is 5.66. The lowest BCUT2D eigenvalue weighted by Gasteiger charge is -2.32. The molecule has 1 aliphatic rings. The molecule has 0 aromatic heterocycles. The summed E-state index contributed by atoms with van der Waals surface area (Å²) >= 11 is 0. The number of benzene rings is 2. The smallest absolute Gasteiger partial charge is 0.262 e. The maximum Gasteiger partial charge on any atom is 0.262 e. The van der Waals surface area contributed by atoms with Crippen LogP contribution in [0.4, 0.5) is 5.69 Å². The SMILES string of the molecule is Cc1ccc(OCC(=O)Nc2cccc(CN3CCN(C)CC3)c2)c(C)c1. The Morgan fingerprint density at radius 3 is 2.59 bits per heavy atom. The van der Waals surface area contributed by atoms with Crippen molar-refractivity contribution < 1.29 is 9.53 Å². The zero-order chi connectivity index (χ0) is 19.2. The molecule has 1 N–H and O–H groups in total. The van der Waals surface area contributed by atoms with Crippen LogP contribution in [0.2, 0.25) is 0 Å². The highest BCUT2D eigenvalue weighted by atomic mass is 16.5. The quantitative estimate of drug-likeness (QED) is 0.852. The Labute approximate surface area is 161 Å². The highest BCUT2D eigenvalue weighted by Gasteiger charge is 2.14. The molecule has 2 aromatic carbocycles. The minimum Gasteiger partial charge on any atom is -0.483 e. The maximum absolute atomic E-state index is 12.2. The van der Waals surface area contributed by atoms with E-state index in [1.165, 1.54) is 11.1 Å². The first-order valence-corrected chi connectivity index (χ1v) is 9.49. The summed E-state index contributed by atoms with van der Waals surface area (Å²) in [5.74, 6) is 0.603. The Hall–Kier alpha value is -2.37. The largest absolute Gasteiger partial charge is 0.483 e. The third kappa shape index (κ3) is 5.81. The van der Waals surface area contributed by atoms with Crippen LogP contribution in [0.15, 0.2) is 42.5 Å². The van der Waals surface area contributed by atoms with E-state index in [2.05, 4.69) is 34.3 Å². The number of carbonyl (C=O) groups excluding carboxylic acids is 1. The first-order valence-electron chi connectivity index (χ1n) is 9.49. The van der Waals surface area contributed by atoms with E-state index in [-0.39, 0.29) is 12.5 Å². The van der Waals surface area contributed by atoms with Crippen molar-refractivity contribution in [3.05, 3.63) is 59.2 Å². The minimum atomic E-state index is -0.147. The molecule has 1 heterocycles. The van der Waals surface area contributed by atoms with Gasteiger partial charge in [-0.3, -0.25) is 9.69 Å². The number of nitrogens with zero attached hydrogens (tertiary/aromatic N) is 2. The molecule has 0 unspecified atom stereocenters. The molecule has 27 heavy (non-hydrogen) atoms. The molecule has 1 amide bonds. The molecule has 5 nitrogen and oxygen atoms in total.